The van der Waals surface area contributed by atoms with E-state index in [1.165, 1.54) is 4.52 Å². The monoisotopic (exact) mass is 291 g/mol. The molecule has 0 aliphatic heterocycles. The summed E-state index contributed by atoms with van der Waals surface area (Å²) in [4.78, 5) is 8.80. The molecule has 0 amide bonds. The second kappa shape index (κ2) is 4.78. The van der Waals surface area contributed by atoms with Gasteiger partial charge < -0.3 is 10.8 Å². The van der Waals surface area contributed by atoms with E-state index < -0.39 is 6.10 Å². The van der Waals surface area contributed by atoms with E-state index >= 15 is 0 Å². The van der Waals surface area contributed by atoms with Crippen LogP contribution in [0.1, 0.15) is 17.5 Å². The highest BCUT2D eigenvalue weighted by atomic mass is 16.3. The van der Waals surface area contributed by atoms with Gasteiger partial charge in [-0.3, -0.25) is 0 Å². The summed E-state index contributed by atoms with van der Waals surface area (Å²) < 4.78 is 1.51. The highest BCUT2D eigenvalue weighted by molar-refractivity contribution is 5.91. The summed E-state index contributed by atoms with van der Waals surface area (Å²) >= 11 is 0. The minimum Gasteiger partial charge on any atom is -0.380 e. The number of aliphatic hydroxyl groups is 1. The van der Waals surface area contributed by atoms with Gasteiger partial charge in [0.05, 0.1) is 5.52 Å². The Morgan fingerprint density at radius 3 is 2.50 bits per heavy atom. The summed E-state index contributed by atoms with van der Waals surface area (Å²) in [5.41, 5.74) is 7.81. The second-order valence-corrected chi connectivity index (χ2v) is 5.01. The zero-order valence-electron chi connectivity index (χ0n) is 11.6. The number of nitrogen functional groups attached to an aromatic ring is 1. The number of aliphatic hydroxyl groups excluding tert-OH is 1. The smallest absolute Gasteiger partial charge is 0.240 e. The zero-order valence-corrected chi connectivity index (χ0v) is 11.6. The van der Waals surface area contributed by atoms with E-state index in [4.69, 9.17) is 5.73 Å². The Balaban J connectivity index is 2.03. The quantitative estimate of drug-likeness (QED) is 0.589. The fourth-order valence-electron chi connectivity index (χ4n) is 2.55. The van der Waals surface area contributed by atoms with E-state index in [9.17, 15) is 5.11 Å². The van der Waals surface area contributed by atoms with Gasteiger partial charge in [0.2, 0.25) is 5.95 Å². The van der Waals surface area contributed by atoms with E-state index in [2.05, 4.69) is 15.1 Å². The largest absolute Gasteiger partial charge is 0.380 e. The molecular weight excluding hydrogens is 278 g/mol. The van der Waals surface area contributed by atoms with E-state index in [1.807, 2.05) is 54.6 Å². The fourth-order valence-corrected chi connectivity index (χ4v) is 2.55. The Kier molecular flexibility index (Phi) is 2.77. The van der Waals surface area contributed by atoms with E-state index in [-0.39, 0.29) is 5.95 Å². The third-order valence-corrected chi connectivity index (χ3v) is 3.58. The van der Waals surface area contributed by atoms with Crippen LogP contribution < -0.4 is 5.73 Å². The van der Waals surface area contributed by atoms with Gasteiger partial charge in [0.25, 0.3) is 0 Å². The van der Waals surface area contributed by atoms with Gasteiger partial charge in [0, 0.05) is 5.39 Å². The molecule has 0 aliphatic rings. The molecule has 0 saturated heterocycles. The number of nitrogens with two attached hydrogens (primary N) is 1. The average Bonchev–Trinajstić information content (AvgIpc) is 2.96. The summed E-state index contributed by atoms with van der Waals surface area (Å²) in [5, 5.41) is 15.7. The van der Waals surface area contributed by atoms with Crippen molar-refractivity contribution in [2.24, 2.45) is 0 Å². The maximum Gasteiger partial charge on any atom is 0.240 e. The first kappa shape index (κ1) is 12.7. The first-order valence-electron chi connectivity index (χ1n) is 6.88. The number of anilines is 1. The molecule has 0 unspecified atom stereocenters. The molecule has 0 bridgehead atoms. The van der Waals surface area contributed by atoms with Gasteiger partial charge in [-0.1, -0.05) is 42.5 Å². The first-order chi connectivity index (χ1) is 10.7. The highest BCUT2D eigenvalue weighted by Gasteiger charge is 2.19. The molecule has 3 N–H and O–H groups in total. The molecule has 1 atom stereocenters. The minimum atomic E-state index is -0.908. The summed E-state index contributed by atoms with van der Waals surface area (Å²) in [6.45, 7) is 0. The van der Waals surface area contributed by atoms with E-state index in [0.717, 1.165) is 16.5 Å². The normalized spacial score (nSPS) is 12.8. The fraction of sp³-hybridized carbons (Fsp3) is 0.0625. The maximum absolute atomic E-state index is 10.7. The van der Waals surface area contributed by atoms with Crippen molar-refractivity contribution in [3.63, 3.8) is 0 Å². The van der Waals surface area contributed by atoms with Crippen LogP contribution in [-0.4, -0.2) is 24.7 Å². The van der Waals surface area contributed by atoms with Crippen LogP contribution >= 0.6 is 0 Å². The number of fused-ring (bicyclic) bond motifs is 3. The predicted molar refractivity (Wildman–Crippen MR) is 83.2 cm³/mol. The molecule has 0 radical (unpaired) electrons. The van der Waals surface area contributed by atoms with Crippen LogP contribution in [0.5, 0.6) is 0 Å². The molecule has 2 aromatic carbocycles. The number of hydrogen-bond acceptors (Lipinski definition) is 5. The molecule has 22 heavy (non-hydrogen) atoms. The maximum atomic E-state index is 10.7. The van der Waals surface area contributed by atoms with Crippen molar-refractivity contribution in [2.45, 2.75) is 6.10 Å². The standard InChI is InChI=1S/C16H13N5O/c17-16-19-14-11-8-4-5-9-12(11)18-15(21(14)20-16)13(22)10-6-2-1-3-7-10/h1-9,13,22H,(H2,17,20)/t13-/m1/s1. The van der Waals surface area contributed by atoms with Crippen LogP contribution in [0.15, 0.2) is 54.6 Å². The third-order valence-electron chi connectivity index (χ3n) is 3.58. The Hall–Kier alpha value is -2.99. The Labute approximate surface area is 125 Å². The van der Waals surface area contributed by atoms with Crippen molar-refractivity contribution in [1.82, 2.24) is 19.6 Å². The van der Waals surface area contributed by atoms with Gasteiger partial charge >= 0.3 is 0 Å². The number of nitrogens with zero attached hydrogens (tertiary/aromatic N) is 4. The molecule has 2 aromatic heterocycles. The molecule has 4 aromatic rings. The average molecular weight is 291 g/mol. The lowest BCUT2D eigenvalue weighted by Gasteiger charge is -2.12. The van der Waals surface area contributed by atoms with Gasteiger partial charge in [-0.2, -0.15) is 9.50 Å². The lowest BCUT2D eigenvalue weighted by molar-refractivity contribution is 0.207. The summed E-state index contributed by atoms with van der Waals surface area (Å²) in [7, 11) is 0. The van der Waals surface area contributed by atoms with Crippen molar-refractivity contribution < 1.29 is 5.11 Å². The van der Waals surface area contributed by atoms with Crippen LogP contribution in [0.2, 0.25) is 0 Å². The molecule has 4 rings (SSSR count). The molecule has 0 aliphatic carbocycles. The topological polar surface area (TPSA) is 89.3 Å². The molecule has 2 heterocycles. The third kappa shape index (κ3) is 1.89. The molecule has 6 heteroatoms. The summed E-state index contributed by atoms with van der Waals surface area (Å²) in [5.74, 6) is 0.545. The van der Waals surface area contributed by atoms with Crippen LogP contribution in [0.3, 0.4) is 0 Å². The molecule has 108 valence electrons. The van der Waals surface area contributed by atoms with E-state index in [0.29, 0.717) is 11.5 Å². The van der Waals surface area contributed by atoms with Crippen LogP contribution in [0, 0.1) is 0 Å². The van der Waals surface area contributed by atoms with Crippen molar-refractivity contribution >= 4 is 22.5 Å². The van der Waals surface area contributed by atoms with Gasteiger partial charge in [-0.25, -0.2) is 4.98 Å². The van der Waals surface area contributed by atoms with Crippen LogP contribution in [0.4, 0.5) is 5.95 Å². The molecule has 0 fully saturated rings. The predicted octanol–water partition coefficient (Wildman–Crippen LogP) is 1.94. The van der Waals surface area contributed by atoms with Gasteiger partial charge in [0.15, 0.2) is 11.5 Å². The molecule has 6 nitrogen and oxygen atoms in total. The lowest BCUT2D eigenvalue weighted by atomic mass is 10.1. The van der Waals surface area contributed by atoms with Gasteiger partial charge in [-0.05, 0) is 17.7 Å². The summed E-state index contributed by atoms with van der Waals surface area (Å²) in [6.07, 6.45) is -0.908. The molecular formula is C16H13N5O. The zero-order chi connectivity index (χ0) is 15.1. The number of aromatic nitrogens is 4. The first-order valence-corrected chi connectivity index (χ1v) is 6.88. The van der Waals surface area contributed by atoms with Crippen molar-refractivity contribution in [1.29, 1.82) is 0 Å². The lowest BCUT2D eigenvalue weighted by Crippen LogP contribution is -2.10. The van der Waals surface area contributed by atoms with Crippen molar-refractivity contribution in [3.05, 3.63) is 66.0 Å². The minimum absolute atomic E-state index is 0.152. The number of hydrogen-bond donors (Lipinski definition) is 2. The Morgan fingerprint density at radius 1 is 0.955 bits per heavy atom. The Bertz CT molecular complexity index is 964. The Morgan fingerprint density at radius 2 is 1.68 bits per heavy atom. The van der Waals surface area contributed by atoms with Gasteiger partial charge in [-0.15, -0.1) is 5.10 Å². The van der Waals surface area contributed by atoms with E-state index in [1.54, 1.807) is 0 Å². The van der Waals surface area contributed by atoms with Crippen molar-refractivity contribution in [2.75, 3.05) is 5.73 Å². The number of benzene rings is 2. The molecule has 0 saturated carbocycles. The number of rotatable bonds is 2. The number of para-hydroxylation sites is 1. The summed E-state index contributed by atoms with van der Waals surface area (Å²) in [6, 6.07) is 16.9. The SMILES string of the molecule is Nc1nc2c3ccccc3nc([C@H](O)c3ccccc3)n2n1. The van der Waals surface area contributed by atoms with Crippen LogP contribution in [-0.2, 0) is 0 Å². The molecule has 0 spiro atoms. The highest BCUT2D eigenvalue weighted by Crippen LogP contribution is 2.25. The van der Waals surface area contributed by atoms with Crippen molar-refractivity contribution in [3.8, 4) is 0 Å². The van der Waals surface area contributed by atoms with Crippen LogP contribution in [0.25, 0.3) is 16.6 Å². The van der Waals surface area contributed by atoms with Gasteiger partial charge in [0.1, 0.15) is 6.10 Å². The second-order valence-electron chi connectivity index (χ2n) is 5.01.